The maximum atomic E-state index is 9.17. The molecule has 1 aliphatic heterocycles. The minimum atomic E-state index is 0.117. The van der Waals surface area contributed by atoms with Crippen molar-refractivity contribution in [2.24, 2.45) is 0 Å². The molecule has 6 heteroatoms. The number of ether oxygens (including phenoxy) is 2. The van der Waals surface area contributed by atoms with Gasteiger partial charge in [0.1, 0.15) is 0 Å². The summed E-state index contributed by atoms with van der Waals surface area (Å²) in [7, 11) is 3.34. The Morgan fingerprint density at radius 3 is 2.79 bits per heavy atom. The highest BCUT2D eigenvalue weighted by Crippen LogP contribution is 2.15. The third-order valence-electron chi connectivity index (χ3n) is 2.97. The number of hydrogen-bond acceptors (Lipinski definition) is 6. The van der Waals surface area contributed by atoms with Gasteiger partial charge in [-0.1, -0.05) is 0 Å². The Balaban J connectivity index is 2.38. The summed E-state index contributed by atoms with van der Waals surface area (Å²) < 4.78 is 15.6. The second kappa shape index (κ2) is 10.1. The van der Waals surface area contributed by atoms with Crippen molar-refractivity contribution in [1.82, 2.24) is 4.90 Å². The molecule has 0 saturated carbocycles. The predicted molar refractivity (Wildman–Crippen MR) is 75.6 cm³/mol. The lowest BCUT2D eigenvalue weighted by molar-refractivity contribution is 0.0589. The Kier molecular flexibility index (Phi) is 8.67. The average molecular weight is 286 g/mol. The van der Waals surface area contributed by atoms with Crippen LogP contribution in [0.1, 0.15) is 12.8 Å². The van der Waals surface area contributed by atoms with Crippen LogP contribution in [-0.2, 0) is 13.7 Å². The minimum absolute atomic E-state index is 0.117. The summed E-state index contributed by atoms with van der Waals surface area (Å²) >= 11 is 1.38. The first-order valence-corrected chi connectivity index (χ1v) is 7.32. The van der Waals surface area contributed by atoms with Crippen LogP contribution < -0.4 is 0 Å². The highest BCUT2D eigenvalue weighted by atomic mass is 32.2. The third-order valence-corrected chi connectivity index (χ3v) is 3.71. The predicted octanol–water partition coefficient (Wildman–Crippen LogP) is 1.82. The van der Waals surface area contributed by atoms with Gasteiger partial charge >= 0.3 is 0 Å². The molecular formula is C13H22N2O3S. The smallest absolute Gasteiger partial charge is 0.0962 e. The van der Waals surface area contributed by atoms with Gasteiger partial charge in [-0.3, -0.25) is 0 Å². The Hall–Kier alpha value is -0.740. The molecule has 1 rings (SSSR count). The molecule has 19 heavy (non-hydrogen) atoms. The average Bonchev–Trinajstić information content (AvgIpc) is 2.47. The fourth-order valence-electron chi connectivity index (χ4n) is 1.81. The molecule has 0 radical (unpaired) electrons. The number of hydrogen-bond donors (Lipinski definition) is 0. The van der Waals surface area contributed by atoms with Crippen molar-refractivity contribution in [3.8, 4) is 6.07 Å². The van der Waals surface area contributed by atoms with Crippen LogP contribution in [-0.4, -0.2) is 57.3 Å². The highest BCUT2D eigenvalue weighted by molar-refractivity contribution is 7.94. The number of methoxy groups -OCH3 is 1. The molecule has 1 atom stereocenters. The molecule has 108 valence electrons. The monoisotopic (exact) mass is 286 g/mol. The second-order valence-corrected chi connectivity index (χ2v) is 5.16. The summed E-state index contributed by atoms with van der Waals surface area (Å²) in [5, 5.41) is 9.17. The van der Waals surface area contributed by atoms with Gasteiger partial charge < -0.3 is 18.6 Å². The highest BCUT2D eigenvalue weighted by Gasteiger charge is 2.11. The van der Waals surface area contributed by atoms with Crippen LogP contribution in [0.25, 0.3) is 0 Å². The molecule has 0 spiro atoms. The van der Waals surface area contributed by atoms with Gasteiger partial charge in [0.15, 0.2) is 0 Å². The van der Waals surface area contributed by atoms with Gasteiger partial charge in [0.25, 0.3) is 0 Å². The van der Waals surface area contributed by atoms with Gasteiger partial charge in [-0.05, 0) is 24.9 Å². The second-order valence-electron chi connectivity index (χ2n) is 4.26. The van der Waals surface area contributed by atoms with E-state index in [0.29, 0.717) is 0 Å². The van der Waals surface area contributed by atoms with E-state index in [-0.39, 0.29) is 6.10 Å². The lowest BCUT2D eigenvalue weighted by Gasteiger charge is -2.25. The molecule has 0 aliphatic carbocycles. The molecule has 0 aromatic carbocycles. The lowest BCUT2D eigenvalue weighted by atomic mass is 10.1. The summed E-state index contributed by atoms with van der Waals surface area (Å²) in [5.41, 5.74) is 0.798. The van der Waals surface area contributed by atoms with Gasteiger partial charge in [-0.2, -0.15) is 5.26 Å². The standard InChI is InChI=1S/C13H22N2O3S/c1-16-13(11-19-17-2)4-3-12(9-14)10-15-5-7-18-8-6-15/h10,13H,3-8,11H2,1-2H3/b12-10-. The van der Waals surface area contributed by atoms with E-state index in [4.69, 9.17) is 13.7 Å². The zero-order chi connectivity index (χ0) is 13.9. The van der Waals surface area contributed by atoms with Crippen molar-refractivity contribution < 1.29 is 13.7 Å². The molecule has 1 heterocycles. The minimum Gasteiger partial charge on any atom is -0.381 e. The number of nitriles is 1. The van der Waals surface area contributed by atoms with Crippen molar-refractivity contribution in [3.63, 3.8) is 0 Å². The molecule has 0 bridgehead atoms. The normalized spacial score (nSPS) is 18.2. The first kappa shape index (κ1) is 16.3. The Labute approximate surface area is 119 Å². The summed E-state index contributed by atoms with van der Waals surface area (Å²) in [6, 6.07) is 2.27. The molecule has 1 fully saturated rings. The first-order valence-electron chi connectivity index (χ1n) is 6.41. The summed E-state index contributed by atoms with van der Waals surface area (Å²) in [4.78, 5) is 2.15. The van der Waals surface area contributed by atoms with E-state index in [1.165, 1.54) is 12.0 Å². The Morgan fingerprint density at radius 2 is 2.21 bits per heavy atom. The number of allylic oxidation sites excluding steroid dienone is 1. The van der Waals surface area contributed by atoms with E-state index in [1.807, 2.05) is 6.20 Å². The van der Waals surface area contributed by atoms with Crippen molar-refractivity contribution >= 4 is 12.0 Å². The molecular weight excluding hydrogens is 264 g/mol. The van der Waals surface area contributed by atoms with E-state index in [1.54, 1.807) is 14.2 Å². The van der Waals surface area contributed by atoms with Crippen LogP contribution in [0.4, 0.5) is 0 Å². The Morgan fingerprint density at radius 1 is 1.47 bits per heavy atom. The van der Waals surface area contributed by atoms with E-state index < -0.39 is 0 Å². The Bertz CT molecular complexity index is 312. The van der Waals surface area contributed by atoms with E-state index in [9.17, 15) is 5.26 Å². The van der Waals surface area contributed by atoms with Crippen molar-refractivity contribution in [3.05, 3.63) is 11.8 Å². The summed E-state index contributed by atoms with van der Waals surface area (Å²) in [5.74, 6) is 0.781. The van der Waals surface area contributed by atoms with Crippen molar-refractivity contribution in [1.29, 1.82) is 5.26 Å². The van der Waals surface area contributed by atoms with Crippen LogP contribution in [0.5, 0.6) is 0 Å². The van der Waals surface area contributed by atoms with Crippen LogP contribution in [0.15, 0.2) is 11.8 Å². The molecule has 1 saturated heterocycles. The van der Waals surface area contributed by atoms with Gasteiger partial charge in [0.2, 0.25) is 0 Å². The van der Waals surface area contributed by atoms with E-state index >= 15 is 0 Å². The van der Waals surface area contributed by atoms with Gasteiger partial charge in [0.05, 0.1) is 32.5 Å². The van der Waals surface area contributed by atoms with Gasteiger partial charge in [-0.15, -0.1) is 0 Å². The third kappa shape index (κ3) is 6.83. The lowest BCUT2D eigenvalue weighted by Crippen LogP contribution is -2.32. The van der Waals surface area contributed by atoms with E-state index in [0.717, 1.165) is 50.5 Å². The first-order chi connectivity index (χ1) is 9.30. The quantitative estimate of drug-likeness (QED) is 0.501. The van der Waals surface area contributed by atoms with Crippen LogP contribution in [0.2, 0.25) is 0 Å². The van der Waals surface area contributed by atoms with Crippen LogP contribution in [0, 0.1) is 11.3 Å². The molecule has 1 aliphatic rings. The molecule has 0 amide bonds. The summed E-state index contributed by atoms with van der Waals surface area (Å²) in [6.07, 6.45) is 3.64. The largest absolute Gasteiger partial charge is 0.381 e. The molecule has 1 unspecified atom stereocenters. The topological polar surface area (TPSA) is 54.7 Å². The van der Waals surface area contributed by atoms with Crippen molar-refractivity contribution in [2.75, 3.05) is 46.3 Å². The number of morpholine rings is 1. The van der Waals surface area contributed by atoms with Crippen molar-refractivity contribution in [2.45, 2.75) is 18.9 Å². The van der Waals surface area contributed by atoms with Gasteiger partial charge in [0, 0.05) is 37.7 Å². The number of rotatable bonds is 8. The maximum Gasteiger partial charge on any atom is 0.0962 e. The molecule has 5 nitrogen and oxygen atoms in total. The molecule has 0 aromatic rings. The zero-order valence-electron chi connectivity index (χ0n) is 11.6. The summed E-state index contributed by atoms with van der Waals surface area (Å²) in [6.45, 7) is 3.19. The SMILES string of the molecule is COSCC(CC/C(C#N)=C/N1CCOCC1)OC. The van der Waals surface area contributed by atoms with E-state index in [2.05, 4.69) is 11.0 Å². The fraction of sp³-hybridized carbons (Fsp3) is 0.769. The molecule has 0 N–H and O–H groups in total. The maximum absolute atomic E-state index is 9.17. The molecule has 0 aromatic heterocycles. The number of nitrogens with zero attached hydrogens (tertiary/aromatic N) is 2. The fourth-order valence-corrected chi connectivity index (χ4v) is 2.40. The van der Waals surface area contributed by atoms with Crippen LogP contribution in [0.3, 0.4) is 0 Å². The zero-order valence-corrected chi connectivity index (χ0v) is 12.4. The van der Waals surface area contributed by atoms with Crippen LogP contribution >= 0.6 is 12.0 Å². The van der Waals surface area contributed by atoms with Gasteiger partial charge in [-0.25, -0.2) is 0 Å².